The molecule has 0 amide bonds. The van der Waals surface area contributed by atoms with Crippen molar-refractivity contribution in [1.29, 1.82) is 0 Å². The maximum absolute atomic E-state index is 14.5. The Kier molecular flexibility index (Phi) is 6.49. The van der Waals surface area contributed by atoms with Gasteiger partial charge in [-0.1, -0.05) is 41.9 Å². The van der Waals surface area contributed by atoms with Crippen molar-refractivity contribution in [2.75, 3.05) is 0 Å². The second-order valence-corrected chi connectivity index (χ2v) is 7.87. The minimum Gasteiger partial charge on any atom is -0.448 e. The maximum atomic E-state index is 14.5. The standard InChI is InChI=1S/C24H18ClF4N3O/c25-19-6-7-21(31-14-19)23(13-16-4-2-1-3-5-16,32-15-22-30-8-9-33-22)17-10-18(24(27,28)29)12-20(26)11-17/h1-12,14,32H,13,15H2. The third kappa shape index (κ3) is 5.23. The molecule has 4 nitrogen and oxygen atoms in total. The molecule has 33 heavy (non-hydrogen) atoms. The quantitative estimate of drug-likeness (QED) is 0.325. The lowest BCUT2D eigenvalue weighted by molar-refractivity contribution is -0.137. The Morgan fingerprint density at radius 3 is 2.33 bits per heavy atom. The van der Waals surface area contributed by atoms with Crippen molar-refractivity contribution in [3.63, 3.8) is 0 Å². The lowest BCUT2D eigenvalue weighted by Crippen LogP contribution is -2.46. The van der Waals surface area contributed by atoms with Crippen LogP contribution in [0.5, 0.6) is 0 Å². The van der Waals surface area contributed by atoms with Crippen molar-refractivity contribution >= 4 is 11.6 Å². The molecule has 0 radical (unpaired) electrons. The number of pyridine rings is 1. The molecule has 2 heterocycles. The van der Waals surface area contributed by atoms with E-state index in [1.54, 1.807) is 12.1 Å². The monoisotopic (exact) mass is 475 g/mol. The number of oxazole rings is 1. The van der Waals surface area contributed by atoms with Gasteiger partial charge in [0.25, 0.3) is 0 Å². The summed E-state index contributed by atoms with van der Waals surface area (Å²) in [6.07, 6.45) is -0.316. The van der Waals surface area contributed by atoms with Crippen LogP contribution < -0.4 is 5.32 Å². The molecule has 0 aliphatic heterocycles. The van der Waals surface area contributed by atoms with Crippen molar-refractivity contribution in [2.45, 2.75) is 24.7 Å². The molecule has 170 valence electrons. The van der Waals surface area contributed by atoms with E-state index in [-0.39, 0.29) is 18.5 Å². The number of aromatic nitrogens is 2. The van der Waals surface area contributed by atoms with Gasteiger partial charge in [-0.05, 0) is 41.5 Å². The number of benzene rings is 2. The van der Waals surface area contributed by atoms with Crippen LogP contribution in [0.4, 0.5) is 17.6 Å². The number of hydrogen-bond acceptors (Lipinski definition) is 4. The van der Waals surface area contributed by atoms with Crippen LogP contribution in [-0.2, 0) is 24.7 Å². The molecule has 0 aliphatic carbocycles. The Labute approximate surface area is 192 Å². The highest BCUT2D eigenvalue weighted by Crippen LogP contribution is 2.38. The number of hydrogen-bond donors (Lipinski definition) is 1. The second kappa shape index (κ2) is 9.33. The van der Waals surface area contributed by atoms with E-state index >= 15 is 0 Å². The topological polar surface area (TPSA) is 51.0 Å². The minimum absolute atomic E-state index is 0.0556. The summed E-state index contributed by atoms with van der Waals surface area (Å²) in [6, 6.07) is 14.8. The van der Waals surface area contributed by atoms with Gasteiger partial charge in [0, 0.05) is 12.6 Å². The molecule has 0 fully saturated rings. The lowest BCUT2D eigenvalue weighted by Gasteiger charge is -2.36. The SMILES string of the molecule is Fc1cc(C(F)(F)F)cc(C(Cc2ccccc2)(NCc2ncco2)c2ccc(Cl)cn2)c1. The van der Waals surface area contributed by atoms with Crippen LogP contribution in [0.1, 0.15) is 28.3 Å². The van der Waals surface area contributed by atoms with Gasteiger partial charge < -0.3 is 4.42 Å². The van der Waals surface area contributed by atoms with Crippen LogP contribution >= 0.6 is 11.6 Å². The van der Waals surface area contributed by atoms with Gasteiger partial charge in [0.05, 0.1) is 34.6 Å². The first-order chi connectivity index (χ1) is 15.8. The van der Waals surface area contributed by atoms with Crippen molar-refractivity contribution in [3.8, 4) is 0 Å². The average Bonchev–Trinajstić information content (AvgIpc) is 3.31. The predicted molar refractivity (Wildman–Crippen MR) is 115 cm³/mol. The first-order valence-corrected chi connectivity index (χ1v) is 10.3. The Balaban J connectivity index is 1.93. The van der Waals surface area contributed by atoms with Gasteiger partial charge >= 0.3 is 6.18 Å². The fourth-order valence-corrected chi connectivity index (χ4v) is 3.80. The summed E-state index contributed by atoms with van der Waals surface area (Å²) in [6.45, 7) is 0.0575. The molecule has 1 unspecified atom stereocenters. The molecule has 1 atom stereocenters. The Morgan fingerprint density at radius 2 is 1.70 bits per heavy atom. The maximum Gasteiger partial charge on any atom is 0.416 e. The highest BCUT2D eigenvalue weighted by Gasteiger charge is 2.39. The Hall–Kier alpha value is -3.23. The van der Waals surface area contributed by atoms with E-state index in [0.717, 1.165) is 17.7 Å². The molecule has 2 aromatic heterocycles. The zero-order valence-corrected chi connectivity index (χ0v) is 17.9. The van der Waals surface area contributed by atoms with E-state index in [2.05, 4.69) is 15.3 Å². The molecule has 0 saturated heterocycles. The molecule has 1 N–H and O–H groups in total. The Morgan fingerprint density at radius 1 is 0.939 bits per heavy atom. The van der Waals surface area contributed by atoms with Crippen LogP contribution in [0.25, 0.3) is 0 Å². The third-order valence-corrected chi connectivity index (χ3v) is 5.44. The first-order valence-electron chi connectivity index (χ1n) is 9.94. The molecule has 0 saturated carbocycles. The Bertz CT molecular complexity index is 1200. The van der Waals surface area contributed by atoms with E-state index in [0.29, 0.717) is 22.7 Å². The molecule has 9 heteroatoms. The number of halogens is 5. The minimum atomic E-state index is -4.73. The molecule has 4 rings (SSSR count). The molecular formula is C24H18ClF4N3O. The summed E-state index contributed by atoms with van der Waals surface area (Å²) in [7, 11) is 0. The summed E-state index contributed by atoms with van der Waals surface area (Å²) < 4.78 is 60.6. The van der Waals surface area contributed by atoms with Crippen LogP contribution in [0, 0.1) is 5.82 Å². The highest BCUT2D eigenvalue weighted by atomic mass is 35.5. The fourth-order valence-electron chi connectivity index (χ4n) is 3.69. The van der Waals surface area contributed by atoms with E-state index in [1.165, 1.54) is 18.7 Å². The summed E-state index contributed by atoms with van der Waals surface area (Å²) in [5, 5.41) is 3.60. The predicted octanol–water partition coefficient (Wildman–Crippen LogP) is 6.16. The van der Waals surface area contributed by atoms with Crippen molar-refractivity contribution in [2.24, 2.45) is 0 Å². The number of nitrogens with one attached hydrogen (secondary N) is 1. The van der Waals surface area contributed by atoms with Crippen molar-refractivity contribution < 1.29 is 22.0 Å². The number of rotatable bonds is 7. The lowest BCUT2D eigenvalue weighted by atomic mass is 9.79. The largest absolute Gasteiger partial charge is 0.448 e. The average molecular weight is 476 g/mol. The molecule has 0 spiro atoms. The van der Waals surface area contributed by atoms with Crippen LogP contribution in [-0.4, -0.2) is 9.97 Å². The van der Waals surface area contributed by atoms with Crippen LogP contribution in [0.2, 0.25) is 5.02 Å². The van der Waals surface area contributed by atoms with Gasteiger partial charge in [-0.25, -0.2) is 9.37 Å². The summed E-state index contributed by atoms with van der Waals surface area (Å²) in [5.74, 6) is -0.696. The highest BCUT2D eigenvalue weighted by molar-refractivity contribution is 6.30. The molecular weight excluding hydrogens is 458 g/mol. The van der Waals surface area contributed by atoms with Crippen LogP contribution in [0.3, 0.4) is 0 Å². The van der Waals surface area contributed by atoms with E-state index in [9.17, 15) is 17.6 Å². The molecule has 2 aromatic carbocycles. The number of alkyl halides is 3. The molecule has 4 aromatic rings. The summed E-state index contributed by atoms with van der Waals surface area (Å²) in [5.41, 5.74) is -1.24. The summed E-state index contributed by atoms with van der Waals surface area (Å²) >= 11 is 6.02. The van der Waals surface area contributed by atoms with E-state index in [1.807, 2.05) is 30.3 Å². The van der Waals surface area contributed by atoms with E-state index in [4.69, 9.17) is 16.0 Å². The van der Waals surface area contributed by atoms with Gasteiger partial charge in [-0.15, -0.1) is 0 Å². The first kappa shape index (κ1) is 22.9. The third-order valence-electron chi connectivity index (χ3n) is 5.22. The van der Waals surface area contributed by atoms with E-state index < -0.39 is 23.1 Å². The van der Waals surface area contributed by atoms with Gasteiger partial charge in [-0.3, -0.25) is 10.3 Å². The van der Waals surface area contributed by atoms with Crippen LogP contribution in [0.15, 0.2) is 83.7 Å². The van der Waals surface area contributed by atoms with Gasteiger partial charge in [0.15, 0.2) is 0 Å². The zero-order valence-electron chi connectivity index (χ0n) is 17.1. The van der Waals surface area contributed by atoms with Gasteiger partial charge in [0.1, 0.15) is 12.1 Å². The van der Waals surface area contributed by atoms with Gasteiger partial charge in [-0.2, -0.15) is 13.2 Å². The zero-order chi connectivity index (χ0) is 23.5. The van der Waals surface area contributed by atoms with Crippen molar-refractivity contribution in [1.82, 2.24) is 15.3 Å². The second-order valence-electron chi connectivity index (χ2n) is 7.44. The summed E-state index contributed by atoms with van der Waals surface area (Å²) in [4.78, 5) is 8.47. The van der Waals surface area contributed by atoms with Gasteiger partial charge in [0.2, 0.25) is 5.89 Å². The smallest absolute Gasteiger partial charge is 0.416 e. The van der Waals surface area contributed by atoms with Crippen molar-refractivity contribution in [3.05, 3.63) is 118 Å². The molecule has 0 aliphatic rings. The number of nitrogens with zero attached hydrogens (tertiary/aromatic N) is 2. The molecule has 0 bridgehead atoms. The normalized spacial score (nSPS) is 13.6. The fraction of sp³-hybridized carbons (Fsp3) is 0.167.